The molecule has 2 aromatic rings. The van der Waals surface area contributed by atoms with Gasteiger partial charge in [-0.05, 0) is 30.4 Å². The minimum Gasteiger partial charge on any atom is -0.332 e. The Morgan fingerprint density at radius 3 is 2.52 bits per heavy atom. The molecular weight excluding hydrogens is 349 g/mol. The summed E-state index contributed by atoms with van der Waals surface area (Å²) in [5.41, 5.74) is 2.17. The van der Waals surface area contributed by atoms with Gasteiger partial charge in [-0.25, -0.2) is 0 Å². The number of hydrogen-bond acceptors (Lipinski definition) is 1. The molecule has 0 aromatic heterocycles. The molecule has 1 saturated heterocycles. The number of nitrogens with one attached hydrogen (secondary N) is 2. The molecule has 2 N–H and O–H groups in total. The summed E-state index contributed by atoms with van der Waals surface area (Å²) in [7, 11) is 0. The lowest BCUT2D eigenvalue weighted by Crippen LogP contribution is -3.09. The second kappa shape index (κ2) is 7.49. The second-order valence-corrected chi connectivity index (χ2v) is 6.93. The minimum absolute atomic E-state index is 0.598. The van der Waals surface area contributed by atoms with E-state index in [0.29, 0.717) is 15.2 Å². The molecule has 1 unspecified atom stereocenters. The fourth-order valence-electron chi connectivity index (χ4n) is 2.75. The number of benzene rings is 2. The first-order valence-corrected chi connectivity index (χ1v) is 8.66. The first kappa shape index (κ1) is 16.5. The predicted molar refractivity (Wildman–Crippen MR) is 100 cm³/mol. The number of quaternary nitrogens is 1. The molecule has 1 fully saturated rings. The molecule has 120 valence electrons. The van der Waals surface area contributed by atoms with Gasteiger partial charge in [0, 0.05) is 21.3 Å². The van der Waals surface area contributed by atoms with E-state index in [2.05, 4.69) is 34.5 Å². The Morgan fingerprint density at radius 2 is 1.83 bits per heavy atom. The smallest absolute Gasteiger partial charge is 0.177 e. The van der Waals surface area contributed by atoms with Crippen LogP contribution in [0.1, 0.15) is 5.56 Å². The third kappa shape index (κ3) is 4.58. The van der Waals surface area contributed by atoms with Crippen molar-refractivity contribution in [3.63, 3.8) is 0 Å². The van der Waals surface area contributed by atoms with Gasteiger partial charge in [0.25, 0.3) is 0 Å². The van der Waals surface area contributed by atoms with Crippen molar-refractivity contribution in [1.29, 1.82) is 0 Å². The summed E-state index contributed by atoms with van der Waals surface area (Å²) in [6.45, 7) is 3.94. The van der Waals surface area contributed by atoms with Gasteiger partial charge in [0.05, 0.1) is 13.1 Å². The van der Waals surface area contributed by atoms with Crippen molar-refractivity contribution in [3.8, 4) is 0 Å². The van der Waals surface area contributed by atoms with Gasteiger partial charge in [-0.3, -0.25) is 4.90 Å². The van der Waals surface area contributed by atoms with Gasteiger partial charge in [0.1, 0.15) is 6.54 Å². The maximum Gasteiger partial charge on any atom is 0.177 e. The zero-order valence-corrected chi connectivity index (χ0v) is 14.9. The van der Waals surface area contributed by atoms with E-state index in [1.807, 2.05) is 18.2 Å². The fourth-order valence-corrected chi connectivity index (χ4v) is 3.55. The zero-order chi connectivity index (χ0) is 16.2. The van der Waals surface area contributed by atoms with Crippen LogP contribution in [0.15, 0.2) is 48.5 Å². The Balaban J connectivity index is 1.57. The summed E-state index contributed by atoms with van der Waals surface area (Å²) in [6, 6.07) is 15.9. The van der Waals surface area contributed by atoms with Crippen LogP contribution >= 0.6 is 35.4 Å². The highest BCUT2D eigenvalue weighted by Crippen LogP contribution is 2.22. The standard InChI is InChI=1S/C17H17Cl2N3S/c18-14-8-15(19)10-16(9-14)20-17(23)22-7-6-21(12-22)11-13-4-2-1-3-5-13/h1-5,8-10H,6-7,11-12H2,(H,20,23)/p+1. The van der Waals surface area contributed by atoms with Crippen molar-refractivity contribution in [2.24, 2.45) is 0 Å². The van der Waals surface area contributed by atoms with Crippen LogP contribution < -0.4 is 10.2 Å². The van der Waals surface area contributed by atoms with Gasteiger partial charge in [-0.15, -0.1) is 0 Å². The molecule has 1 aliphatic rings. The van der Waals surface area contributed by atoms with Crippen molar-refractivity contribution in [1.82, 2.24) is 4.90 Å². The molecule has 2 aromatic carbocycles. The monoisotopic (exact) mass is 366 g/mol. The highest BCUT2D eigenvalue weighted by Gasteiger charge is 2.25. The summed E-state index contributed by atoms with van der Waals surface area (Å²) in [4.78, 5) is 3.69. The van der Waals surface area contributed by atoms with Gasteiger partial charge in [0.2, 0.25) is 0 Å². The van der Waals surface area contributed by atoms with Gasteiger partial charge >= 0.3 is 0 Å². The first-order valence-electron chi connectivity index (χ1n) is 7.50. The number of thiocarbonyl (C=S) groups is 1. The molecule has 3 nitrogen and oxygen atoms in total. The van der Waals surface area contributed by atoms with E-state index in [9.17, 15) is 0 Å². The maximum atomic E-state index is 6.02. The molecule has 0 aliphatic carbocycles. The number of anilines is 1. The van der Waals surface area contributed by atoms with E-state index in [0.717, 1.165) is 32.0 Å². The average molecular weight is 367 g/mol. The summed E-state index contributed by atoms with van der Waals surface area (Å²) < 4.78 is 0. The normalized spacial score (nSPS) is 17.3. The summed E-state index contributed by atoms with van der Waals surface area (Å²) in [6.07, 6.45) is 0. The third-order valence-corrected chi connectivity index (χ3v) is 4.64. The van der Waals surface area contributed by atoms with E-state index in [4.69, 9.17) is 35.4 Å². The number of hydrogen-bond donors (Lipinski definition) is 2. The first-order chi connectivity index (χ1) is 11.1. The molecule has 1 atom stereocenters. The van der Waals surface area contributed by atoms with Crippen molar-refractivity contribution < 1.29 is 4.90 Å². The van der Waals surface area contributed by atoms with Gasteiger partial charge < -0.3 is 10.2 Å². The lowest BCUT2D eigenvalue weighted by Gasteiger charge is -2.19. The number of nitrogens with zero attached hydrogens (tertiary/aromatic N) is 1. The molecule has 6 heteroatoms. The lowest BCUT2D eigenvalue weighted by molar-refractivity contribution is -0.904. The quantitative estimate of drug-likeness (QED) is 0.814. The van der Waals surface area contributed by atoms with Crippen LogP contribution in [-0.4, -0.2) is 29.8 Å². The Morgan fingerprint density at radius 1 is 1.13 bits per heavy atom. The SMILES string of the molecule is S=C(Nc1cc(Cl)cc(Cl)c1)N1CC[NH+](Cc2ccccc2)C1. The van der Waals surface area contributed by atoms with E-state index in [1.54, 1.807) is 6.07 Å². The minimum atomic E-state index is 0.598. The Hall–Kier alpha value is -1.33. The molecule has 1 heterocycles. The molecule has 1 aliphatic heterocycles. The molecule has 0 saturated carbocycles. The molecule has 23 heavy (non-hydrogen) atoms. The summed E-state index contributed by atoms with van der Waals surface area (Å²) in [5.74, 6) is 0. The Labute approximate surface area is 151 Å². The fraction of sp³-hybridized carbons (Fsp3) is 0.235. The van der Waals surface area contributed by atoms with E-state index in [1.165, 1.54) is 10.5 Å². The largest absolute Gasteiger partial charge is 0.332 e. The third-order valence-electron chi connectivity index (χ3n) is 3.85. The van der Waals surface area contributed by atoms with Gasteiger partial charge in [-0.1, -0.05) is 53.5 Å². The molecule has 0 radical (unpaired) electrons. The second-order valence-electron chi connectivity index (χ2n) is 5.67. The molecule has 0 bridgehead atoms. The van der Waals surface area contributed by atoms with Crippen LogP contribution in [0.2, 0.25) is 10.0 Å². The van der Waals surface area contributed by atoms with E-state index >= 15 is 0 Å². The van der Waals surface area contributed by atoms with Crippen molar-refractivity contribution in [3.05, 3.63) is 64.1 Å². The van der Waals surface area contributed by atoms with E-state index in [-0.39, 0.29) is 0 Å². The van der Waals surface area contributed by atoms with Crippen LogP contribution in [0.25, 0.3) is 0 Å². The highest BCUT2D eigenvalue weighted by atomic mass is 35.5. The van der Waals surface area contributed by atoms with E-state index < -0.39 is 0 Å². The maximum absolute atomic E-state index is 6.02. The van der Waals surface area contributed by atoms with Crippen LogP contribution in [-0.2, 0) is 6.54 Å². The molecular formula is C17H18Cl2N3S+. The lowest BCUT2D eigenvalue weighted by atomic mass is 10.2. The summed E-state index contributed by atoms with van der Waals surface area (Å²) >= 11 is 17.6. The predicted octanol–water partition coefficient (Wildman–Crippen LogP) is 3.05. The Bertz CT molecular complexity index is 673. The van der Waals surface area contributed by atoms with Crippen LogP contribution in [0.4, 0.5) is 5.69 Å². The average Bonchev–Trinajstić information content (AvgIpc) is 2.96. The molecule has 3 rings (SSSR count). The van der Waals surface area contributed by atoms with Crippen molar-refractivity contribution >= 4 is 46.2 Å². The van der Waals surface area contributed by atoms with Crippen molar-refractivity contribution in [2.75, 3.05) is 25.1 Å². The van der Waals surface area contributed by atoms with Crippen molar-refractivity contribution in [2.45, 2.75) is 6.54 Å². The Kier molecular flexibility index (Phi) is 5.38. The topological polar surface area (TPSA) is 19.7 Å². The molecule has 0 spiro atoms. The highest BCUT2D eigenvalue weighted by molar-refractivity contribution is 7.80. The van der Waals surface area contributed by atoms with Crippen LogP contribution in [0.5, 0.6) is 0 Å². The number of rotatable bonds is 3. The summed E-state index contributed by atoms with van der Waals surface area (Å²) in [5, 5.41) is 5.13. The van der Waals surface area contributed by atoms with Crippen LogP contribution in [0.3, 0.4) is 0 Å². The van der Waals surface area contributed by atoms with Crippen LogP contribution in [0, 0.1) is 0 Å². The molecule has 0 amide bonds. The zero-order valence-electron chi connectivity index (χ0n) is 12.6. The van der Waals surface area contributed by atoms with Gasteiger partial charge in [-0.2, -0.15) is 0 Å². The number of halogens is 2. The van der Waals surface area contributed by atoms with Gasteiger partial charge in [0.15, 0.2) is 11.8 Å².